The molecule has 4 heteroatoms. The maximum atomic E-state index is 5.60. The molecule has 1 saturated carbocycles. The fraction of sp³-hybridized carbons (Fsp3) is 0.562. The van der Waals surface area contributed by atoms with E-state index in [-0.39, 0.29) is 6.04 Å². The maximum absolute atomic E-state index is 5.60. The minimum Gasteiger partial charge on any atom is -0.467 e. The van der Waals surface area contributed by atoms with E-state index in [9.17, 15) is 0 Å². The topological polar surface area (TPSA) is 43.0 Å². The average Bonchev–Trinajstić information content (AvgIpc) is 3.13. The van der Waals surface area contributed by atoms with Crippen molar-refractivity contribution >= 4 is 0 Å². The second-order valence-corrected chi connectivity index (χ2v) is 5.76. The highest BCUT2D eigenvalue weighted by atomic mass is 16.3. The Hall–Kier alpha value is -1.55. The van der Waals surface area contributed by atoms with Gasteiger partial charge in [-0.15, -0.1) is 0 Å². The zero-order valence-electron chi connectivity index (χ0n) is 12.1. The summed E-state index contributed by atoms with van der Waals surface area (Å²) in [5, 5.41) is 3.66. The number of imidazole rings is 1. The molecule has 108 valence electrons. The highest BCUT2D eigenvalue weighted by Gasteiger charge is 2.22. The molecule has 2 heterocycles. The molecule has 2 aromatic rings. The molecule has 1 aliphatic rings. The molecule has 1 atom stereocenters. The lowest BCUT2D eigenvalue weighted by molar-refractivity contribution is 0.321. The Bertz CT molecular complexity index is 512. The van der Waals surface area contributed by atoms with E-state index in [1.165, 1.54) is 32.1 Å². The number of nitrogens with zero attached hydrogens (tertiary/aromatic N) is 2. The van der Waals surface area contributed by atoms with Crippen LogP contribution < -0.4 is 5.32 Å². The summed E-state index contributed by atoms with van der Waals surface area (Å²) < 4.78 is 7.66. The summed E-state index contributed by atoms with van der Waals surface area (Å²) in [4.78, 5) is 4.48. The van der Waals surface area contributed by atoms with Gasteiger partial charge in [-0.1, -0.05) is 19.3 Å². The average molecular weight is 273 g/mol. The van der Waals surface area contributed by atoms with Gasteiger partial charge in [-0.25, -0.2) is 4.98 Å². The smallest absolute Gasteiger partial charge is 0.133 e. The van der Waals surface area contributed by atoms with Crippen LogP contribution in [-0.2, 0) is 7.05 Å². The molecule has 0 aromatic carbocycles. The fourth-order valence-corrected chi connectivity index (χ4v) is 3.11. The SMILES string of the molecule is Cn1ccnc1C(NCC1CCCCC1)c1ccco1. The third-order valence-electron chi connectivity index (χ3n) is 4.28. The summed E-state index contributed by atoms with van der Waals surface area (Å²) in [7, 11) is 2.03. The molecule has 1 fully saturated rings. The fourth-order valence-electron chi connectivity index (χ4n) is 3.11. The number of furan rings is 1. The molecule has 20 heavy (non-hydrogen) atoms. The van der Waals surface area contributed by atoms with E-state index in [2.05, 4.69) is 14.9 Å². The van der Waals surface area contributed by atoms with Crippen molar-refractivity contribution in [2.24, 2.45) is 13.0 Å². The van der Waals surface area contributed by atoms with Gasteiger partial charge in [-0.05, 0) is 37.4 Å². The Balaban J connectivity index is 1.71. The van der Waals surface area contributed by atoms with Gasteiger partial charge in [0, 0.05) is 19.4 Å². The largest absolute Gasteiger partial charge is 0.467 e. The Kier molecular flexibility index (Phi) is 4.21. The molecule has 2 aromatic heterocycles. The van der Waals surface area contributed by atoms with E-state index in [4.69, 9.17) is 4.42 Å². The normalized spacial score (nSPS) is 18.2. The van der Waals surface area contributed by atoms with Gasteiger partial charge in [-0.3, -0.25) is 0 Å². The lowest BCUT2D eigenvalue weighted by atomic mass is 9.89. The number of hydrogen-bond acceptors (Lipinski definition) is 3. The molecule has 3 rings (SSSR count). The summed E-state index contributed by atoms with van der Waals surface area (Å²) in [5.41, 5.74) is 0. The maximum Gasteiger partial charge on any atom is 0.133 e. The van der Waals surface area contributed by atoms with E-state index in [0.29, 0.717) is 0 Å². The molecule has 4 nitrogen and oxygen atoms in total. The van der Waals surface area contributed by atoms with Gasteiger partial charge in [0.05, 0.1) is 6.26 Å². The van der Waals surface area contributed by atoms with Crippen molar-refractivity contribution in [2.75, 3.05) is 6.54 Å². The first kappa shape index (κ1) is 13.4. The molecule has 1 aliphatic carbocycles. The molecular formula is C16H23N3O. The van der Waals surface area contributed by atoms with E-state index >= 15 is 0 Å². The van der Waals surface area contributed by atoms with Crippen LogP contribution in [0, 0.1) is 5.92 Å². The minimum atomic E-state index is 0.0481. The van der Waals surface area contributed by atoms with Crippen molar-refractivity contribution in [3.8, 4) is 0 Å². The summed E-state index contributed by atoms with van der Waals surface area (Å²) in [6.45, 7) is 1.04. The van der Waals surface area contributed by atoms with Gasteiger partial charge >= 0.3 is 0 Å². The van der Waals surface area contributed by atoms with E-state index in [1.807, 2.05) is 31.6 Å². The van der Waals surface area contributed by atoms with Crippen LogP contribution in [0.4, 0.5) is 0 Å². The van der Waals surface area contributed by atoms with E-state index < -0.39 is 0 Å². The van der Waals surface area contributed by atoms with Crippen LogP contribution in [0.5, 0.6) is 0 Å². The van der Waals surface area contributed by atoms with Crippen LogP contribution in [0.25, 0.3) is 0 Å². The second-order valence-electron chi connectivity index (χ2n) is 5.76. The summed E-state index contributed by atoms with van der Waals surface area (Å²) in [5.74, 6) is 2.74. The molecule has 0 spiro atoms. The van der Waals surface area contributed by atoms with E-state index in [0.717, 1.165) is 24.0 Å². The van der Waals surface area contributed by atoms with Gasteiger partial charge in [0.15, 0.2) is 0 Å². The highest BCUT2D eigenvalue weighted by molar-refractivity contribution is 5.15. The number of aromatic nitrogens is 2. The Labute approximate surface area is 120 Å². The van der Waals surface area contributed by atoms with Crippen LogP contribution in [0.3, 0.4) is 0 Å². The first-order valence-electron chi connectivity index (χ1n) is 7.58. The van der Waals surface area contributed by atoms with Crippen LogP contribution >= 0.6 is 0 Å². The number of nitrogens with one attached hydrogen (secondary N) is 1. The van der Waals surface area contributed by atoms with Crippen LogP contribution in [0.15, 0.2) is 35.2 Å². The van der Waals surface area contributed by atoms with Crippen molar-refractivity contribution in [3.63, 3.8) is 0 Å². The third-order valence-corrected chi connectivity index (χ3v) is 4.28. The van der Waals surface area contributed by atoms with Crippen LogP contribution in [0.2, 0.25) is 0 Å². The van der Waals surface area contributed by atoms with Crippen molar-refractivity contribution in [1.29, 1.82) is 0 Å². The summed E-state index contributed by atoms with van der Waals surface area (Å²) in [6.07, 6.45) is 12.4. The minimum absolute atomic E-state index is 0.0481. The molecule has 0 saturated heterocycles. The number of rotatable bonds is 5. The van der Waals surface area contributed by atoms with Crippen molar-refractivity contribution in [1.82, 2.24) is 14.9 Å². The van der Waals surface area contributed by atoms with Gasteiger partial charge in [-0.2, -0.15) is 0 Å². The molecule has 0 radical (unpaired) electrons. The van der Waals surface area contributed by atoms with Crippen molar-refractivity contribution in [2.45, 2.75) is 38.1 Å². The Morgan fingerprint density at radius 3 is 2.90 bits per heavy atom. The highest BCUT2D eigenvalue weighted by Crippen LogP contribution is 2.25. The molecule has 0 amide bonds. The molecule has 0 bridgehead atoms. The first-order valence-corrected chi connectivity index (χ1v) is 7.58. The number of hydrogen-bond donors (Lipinski definition) is 1. The predicted molar refractivity (Wildman–Crippen MR) is 78.3 cm³/mol. The summed E-state index contributed by atoms with van der Waals surface area (Å²) >= 11 is 0. The Morgan fingerprint density at radius 2 is 2.25 bits per heavy atom. The molecular weight excluding hydrogens is 250 g/mol. The third kappa shape index (κ3) is 2.96. The molecule has 1 N–H and O–H groups in total. The zero-order valence-corrected chi connectivity index (χ0v) is 12.1. The quantitative estimate of drug-likeness (QED) is 0.909. The first-order chi connectivity index (χ1) is 9.84. The van der Waals surface area contributed by atoms with Gasteiger partial charge in [0.1, 0.15) is 17.6 Å². The standard InChI is InChI=1S/C16H23N3O/c1-19-10-9-17-16(19)15(14-8-5-11-20-14)18-12-13-6-3-2-4-7-13/h5,8-11,13,15,18H,2-4,6-7,12H2,1H3. The Morgan fingerprint density at radius 1 is 1.40 bits per heavy atom. The van der Waals surface area contributed by atoms with Gasteiger partial charge < -0.3 is 14.3 Å². The predicted octanol–water partition coefficient (Wildman–Crippen LogP) is 3.27. The molecule has 0 aliphatic heterocycles. The lowest BCUT2D eigenvalue weighted by Crippen LogP contribution is -2.30. The van der Waals surface area contributed by atoms with Crippen LogP contribution in [0.1, 0.15) is 49.7 Å². The summed E-state index contributed by atoms with van der Waals surface area (Å²) in [6, 6.07) is 4.01. The van der Waals surface area contributed by atoms with Gasteiger partial charge in [0.2, 0.25) is 0 Å². The lowest BCUT2D eigenvalue weighted by Gasteiger charge is -2.24. The van der Waals surface area contributed by atoms with Crippen molar-refractivity contribution in [3.05, 3.63) is 42.4 Å². The van der Waals surface area contributed by atoms with Crippen molar-refractivity contribution < 1.29 is 4.42 Å². The monoisotopic (exact) mass is 273 g/mol. The van der Waals surface area contributed by atoms with Gasteiger partial charge in [0.25, 0.3) is 0 Å². The zero-order chi connectivity index (χ0) is 13.8. The second kappa shape index (κ2) is 6.27. The number of aryl methyl sites for hydroxylation is 1. The van der Waals surface area contributed by atoms with Crippen LogP contribution in [-0.4, -0.2) is 16.1 Å². The molecule has 1 unspecified atom stereocenters. The van der Waals surface area contributed by atoms with E-state index in [1.54, 1.807) is 6.26 Å².